The summed E-state index contributed by atoms with van der Waals surface area (Å²) < 4.78 is 23.1. The fourth-order valence-electron chi connectivity index (χ4n) is 1.56. The third-order valence-electron chi connectivity index (χ3n) is 2.71. The maximum atomic E-state index is 12.3. The minimum Gasteiger partial charge on any atom is -0.342 e. The second-order valence-corrected chi connectivity index (χ2v) is 8.08. The predicted octanol–water partition coefficient (Wildman–Crippen LogP) is 3.90. The molecule has 0 fully saturated rings. The lowest BCUT2D eigenvalue weighted by Gasteiger charge is -2.18. The normalized spacial score (nSPS) is 11.4. The summed E-state index contributed by atoms with van der Waals surface area (Å²) in [6.07, 6.45) is 1.81. The molecule has 20 heavy (non-hydrogen) atoms. The summed E-state index contributed by atoms with van der Waals surface area (Å²) >= 11 is 9.19. The van der Waals surface area contributed by atoms with Crippen LogP contribution in [0.4, 0.5) is 0 Å². The molecule has 1 aromatic rings. The van der Waals surface area contributed by atoms with Gasteiger partial charge in [0, 0.05) is 28.7 Å². The molecule has 8 heteroatoms. The number of benzene rings is 1. The van der Waals surface area contributed by atoms with Crippen LogP contribution in [0.15, 0.2) is 21.5 Å². The standard InChI is InChI=1S/C12H14BrCl2NO3S/c1-3-4-5-16(2)12(17)9-6-8(20(15,18)19)7-10(13)11(9)14/h6-7H,3-5H2,1-2H3. The molecule has 0 radical (unpaired) electrons. The van der Waals surface area contributed by atoms with Gasteiger partial charge in [-0.25, -0.2) is 8.42 Å². The average Bonchev–Trinajstić information content (AvgIpc) is 2.36. The SMILES string of the molecule is CCCCN(C)C(=O)c1cc(S(=O)(=O)Cl)cc(Br)c1Cl. The zero-order chi connectivity index (χ0) is 15.5. The Morgan fingerprint density at radius 3 is 2.50 bits per heavy atom. The van der Waals surface area contributed by atoms with E-state index in [-0.39, 0.29) is 21.4 Å². The molecule has 0 bridgehead atoms. The van der Waals surface area contributed by atoms with Gasteiger partial charge in [-0.15, -0.1) is 0 Å². The maximum absolute atomic E-state index is 12.3. The van der Waals surface area contributed by atoms with E-state index in [0.717, 1.165) is 12.8 Å². The second kappa shape index (κ2) is 7.11. The van der Waals surface area contributed by atoms with Gasteiger partial charge in [0.2, 0.25) is 0 Å². The summed E-state index contributed by atoms with van der Waals surface area (Å²) in [5, 5.41) is 0.169. The van der Waals surface area contributed by atoms with Crippen LogP contribution in [0.3, 0.4) is 0 Å². The molecule has 0 N–H and O–H groups in total. The largest absolute Gasteiger partial charge is 0.342 e. The fourth-order valence-corrected chi connectivity index (χ4v) is 3.15. The van der Waals surface area contributed by atoms with Crippen molar-refractivity contribution in [2.45, 2.75) is 24.7 Å². The van der Waals surface area contributed by atoms with Crippen molar-refractivity contribution in [3.05, 3.63) is 27.2 Å². The predicted molar refractivity (Wildman–Crippen MR) is 84.1 cm³/mol. The van der Waals surface area contributed by atoms with Crippen LogP contribution in [0.25, 0.3) is 0 Å². The summed E-state index contributed by atoms with van der Waals surface area (Å²) in [5.74, 6) is -0.341. The molecule has 1 rings (SSSR count). The van der Waals surface area contributed by atoms with Crippen molar-refractivity contribution < 1.29 is 13.2 Å². The van der Waals surface area contributed by atoms with Gasteiger partial charge in [0.25, 0.3) is 15.0 Å². The molecule has 0 aliphatic rings. The Morgan fingerprint density at radius 1 is 1.40 bits per heavy atom. The maximum Gasteiger partial charge on any atom is 0.261 e. The molecule has 4 nitrogen and oxygen atoms in total. The van der Waals surface area contributed by atoms with Crippen LogP contribution in [0.1, 0.15) is 30.1 Å². The van der Waals surface area contributed by atoms with Crippen LogP contribution in [-0.2, 0) is 9.05 Å². The lowest BCUT2D eigenvalue weighted by atomic mass is 10.2. The first-order valence-electron chi connectivity index (χ1n) is 5.87. The number of carbonyl (C=O) groups is 1. The van der Waals surface area contributed by atoms with Crippen molar-refractivity contribution in [2.24, 2.45) is 0 Å². The van der Waals surface area contributed by atoms with Crippen molar-refractivity contribution in [1.29, 1.82) is 0 Å². The molecule has 0 saturated carbocycles. The number of rotatable bonds is 5. The van der Waals surface area contributed by atoms with E-state index in [1.807, 2.05) is 6.92 Å². The fraction of sp³-hybridized carbons (Fsp3) is 0.417. The zero-order valence-corrected chi connectivity index (χ0v) is 14.9. The van der Waals surface area contributed by atoms with Gasteiger partial charge in [0.05, 0.1) is 15.5 Å². The van der Waals surface area contributed by atoms with Crippen LogP contribution in [0.2, 0.25) is 5.02 Å². The number of unbranched alkanes of at least 4 members (excludes halogenated alkanes) is 1. The van der Waals surface area contributed by atoms with Gasteiger partial charge >= 0.3 is 0 Å². The lowest BCUT2D eigenvalue weighted by Crippen LogP contribution is -2.28. The van der Waals surface area contributed by atoms with Crippen molar-refractivity contribution in [2.75, 3.05) is 13.6 Å². The van der Waals surface area contributed by atoms with E-state index in [1.165, 1.54) is 17.0 Å². The topological polar surface area (TPSA) is 54.5 Å². The molecule has 0 atom stereocenters. The minimum atomic E-state index is -3.93. The number of amides is 1. The summed E-state index contributed by atoms with van der Waals surface area (Å²) in [6, 6.07) is 2.47. The average molecular weight is 403 g/mol. The van der Waals surface area contributed by atoms with Gasteiger partial charge in [-0.2, -0.15) is 0 Å². The molecule has 0 spiro atoms. The number of hydrogen-bond donors (Lipinski definition) is 0. The lowest BCUT2D eigenvalue weighted by molar-refractivity contribution is 0.0793. The third-order valence-corrected chi connectivity index (χ3v) is 5.30. The van der Waals surface area contributed by atoms with Crippen LogP contribution in [0.5, 0.6) is 0 Å². The van der Waals surface area contributed by atoms with Gasteiger partial charge in [-0.3, -0.25) is 4.79 Å². The number of halogens is 3. The van der Waals surface area contributed by atoms with Crippen molar-refractivity contribution in [3.8, 4) is 0 Å². The smallest absolute Gasteiger partial charge is 0.261 e. The molecular weight excluding hydrogens is 389 g/mol. The van der Waals surface area contributed by atoms with Crippen molar-refractivity contribution in [3.63, 3.8) is 0 Å². The Labute approximate surface area is 136 Å². The number of nitrogens with zero attached hydrogens (tertiary/aromatic N) is 1. The molecule has 1 amide bonds. The Kier molecular flexibility index (Phi) is 6.31. The number of hydrogen-bond acceptors (Lipinski definition) is 3. The van der Waals surface area contributed by atoms with Crippen molar-refractivity contribution in [1.82, 2.24) is 4.90 Å². The minimum absolute atomic E-state index is 0.110. The summed E-state index contributed by atoms with van der Waals surface area (Å²) in [5.41, 5.74) is 0.110. The Bertz CT molecular complexity index is 619. The van der Waals surface area contributed by atoms with Gasteiger partial charge in [0.15, 0.2) is 0 Å². The molecule has 0 unspecified atom stereocenters. The van der Waals surface area contributed by atoms with Crippen LogP contribution in [-0.4, -0.2) is 32.8 Å². The first-order chi connectivity index (χ1) is 9.18. The second-order valence-electron chi connectivity index (χ2n) is 4.28. The van der Waals surface area contributed by atoms with Crippen molar-refractivity contribution >= 4 is 53.2 Å². The van der Waals surface area contributed by atoms with E-state index in [4.69, 9.17) is 22.3 Å². The Hall–Kier alpha value is -0.300. The van der Waals surface area contributed by atoms with Gasteiger partial charge < -0.3 is 4.90 Å². The van der Waals surface area contributed by atoms with E-state index in [2.05, 4.69) is 15.9 Å². The summed E-state index contributed by atoms with van der Waals surface area (Å²) in [7, 11) is 3.02. The van der Waals surface area contributed by atoms with E-state index in [0.29, 0.717) is 11.0 Å². The molecule has 0 saturated heterocycles. The van der Waals surface area contributed by atoms with Crippen LogP contribution in [0, 0.1) is 0 Å². The molecule has 112 valence electrons. The van der Waals surface area contributed by atoms with E-state index < -0.39 is 9.05 Å². The highest BCUT2D eigenvalue weighted by Gasteiger charge is 2.21. The van der Waals surface area contributed by atoms with Gasteiger partial charge in [-0.05, 0) is 34.5 Å². The molecule has 0 aliphatic carbocycles. The first-order valence-corrected chi connectivity index (χ1v) is 9.35. The Morgan fingerprint density at radius 2 is 2.00 bits per heavy atom. The van der Waals surface area contributed by atoms with Crippen LogP contribution >= 0.6 is 38.2 Å². The molecular formula is C12H14BrCl2NO3S. The number of carbonyl (C=O) groups excluding carboxylic acids is 1. The molecule has 1 aromatic carbocycles. The van der Waals surface area contributed by atoms with Gasteiger partial charge in [-0.1, -0.05) is 24.9 Å². The summed E-state index contributed by atoms with van der Waals surface area (Å²) in [6.45, 7) is 2.59. The quantitative estimate of drug-likeness (QED) is 0.701. The third kappa shape index (κ3) is 4.35. The highest BCUT2D eigenvalue weighted by atomic mass is 79.9. The van der Waals surface area contributed by atoms with Crippen LogP contribution < -0.4 is 0 Å². The monoisotopic (exact) mass is 401 g/mol. The summed E-state index contributed by atoms with van der Waals surface area (Å²) in [4.78, 5) is 13.6. The molecule has 0 aliphatic heterocycles. The first kappa shape index (κ1) is 17.8. The van der Waals surface area contributed by atoms with E-state index >= 15 is 0 Å². The molecule has 0 heterocycles. The molecule has 0 aromatic heterocycles. The van der Waals surface area contributed by atoms with Gasteiger partial charge in [0.1, 0.15) is 0 Å². The zero-order valence-electron chi connectivity index (χ0n) is 11.0. The Balaban J connectivity index is 3.24. The highest BCUT2D eigenvalue weighted by Crippen LogP contribution is 2.31. The van der Waals surface area contributed by atoms with E-state index in [9.17, 15) is 13.2 Å². The van der Waals surface area contributed by atoms with E-state index in [1.54, 1.807) is 7.05 Å². The highest BCUT2D eigenvalue weighted by molar-refractivity contribution is 9.10.